The Morgan fingerprint density at radius 3 is 2.00 bits per heavy atom. The van der Waals surface area contributed by atoms with E-state index in [2.05, 4.69) is 145 Å². The molecule has 1 unspecified atom stereocenters. The Balaban J connectivity index is 1.68. The predicted molar refractivity (Wildman–Crippen MR) is 151 cm³/mol. The average molecular weight is 457 g/mol. The maximum Gasteiger partial charge on any atom is 0.126 e. The largest absolute Gasteiger partial charge is 0.360 e. The fraction of sp³-hybridized carbons (Fsp3) is 0.152. The summed E-state index contributed by atoms with van der Waals surface area (Å²) in [7, 11) is 0. The van der Waals surface area contributed by atoms with E-state index in [1.54, 1.807) is 0 Å². The number of hydrogen-bond donors (Lipinski definition) is 1. The molecule has 0 aromatic heterocycles. The molecular formula is C33H32N2. The first kappa shape index (κ1) is 22.7. The van der Waals surface area contributed by atoms with E-state index in [1.165, 1.54) is 38.8 Å². The van der Waals surface area contributed by atoms with Gasteiger partial charge in [-0.05, 0) is 35.1 Å². The summed E-state index contributed by atoms with van der Waals surface area (Å²) in [5, 5.41) is 6.51. The predicted octanol–water partition coefficient (Wildman–Crippen LogP) is 8.92. The molecule has 0 spiro atoms. The van der Waals surface area contributed by atoms with E-state index < -0.39 is 0 Å². The number of unbranched alkanes of at least 4 members (excludes halogenated alkanes) is 1. The molecule has 174 valence electrons. The Morgan fingerprint density at radius 1 is 0.657 bits per heavy atom. The molecule has 0 amide bonds. The van der Waals surface area contributed by atoms with Crippen molar-refractivity contribution in [3.05, 3.63) is 133 Å². The van der Waals surface area contributed by atoms with E-state index in [4.69, 9.17) is 0 Å². The molecule has 1 atom stereocenters. The van der Waals surface area contributed by atoms with Crippen molar-refractivity contribution in [3.8, 4) is 11.1 Å². The first-order valence-corrected chi connectivity index (χ1v) is 12.6. The molecule has 0 saturated heterocycles. The fourth-order valence-electron chi connectivity index (χ4n) is 4.75. The van der Waals surface area contributed by atoms with E-state index in [-0.39, 0.29) is 6.17 Å². The summed E-state index contributed by atoms with van der Waals surface area (Å²) >= 11 is 0. The van der Waals surface area contributed by atoms with Gasteiger partial charge in [-0.1, -0.05) is 129 Å². The minimum atomic E-state index is -0.0154. The lowest BCUT2D eigenvalue weighted by Gasteiger charge is -2.36. The highest BCUT2D eigenvalue weighted by atomic mass is 15.3. The first-order chi connectivity index (χ1) is 17.3. The summed E-state index contributed by atoms with van der Waals surface area (Å²) in [5.74, 6) is 0. The zero-order valence-corrected chi connectivity index (χ0v) is 20.3. The highest BCUT2D eigenvalue weighted by Crippen LogP contribution is 2.38. The SMILES string of the molecule is CCCCN(c1ccccc1)C(Nc1c(-c2ccccc2)ccc2ccccc12)c1ccccc1. The highest BCUT2D eigenvalue weighted by Gasteiger charge is 2.23. The van der Waals surface area contributed by atoms with Crippen molar-refractivity contribution in [2.45, 2.75) is 25.9 Å². The molecule has 5 aromatic carbocycles. The van der Waals surface area contributed by atoms with Crippen LogP contribution >= 0.6 is 0 Å². The molecule has 0 heterocycles. The van der Waals surface area contributed by atoms with Crippen LogP contribution in [0.2, 0.25) is 0 Å². The van der Waals surface area contributed by atoms with Crippen molar-refractivity contribution in [1.29, 1.82) is 0 Å². The van der Waals surface area contributed by atoms with Crippen LogP contribution in [0.1, 0.15) is 31.5 Å². The minimum Gasteiger partial charge on any atom is -0.360 e. The Morgan fingerprint density at radius 2 is 1.29 bits per heavy atom. The Bertz CT molecular complexity index is 1350. The number of fused-ring (bicyclic) bond motifs is 1. The van der Waals surface area contributed by atoms with Gasteiger partial charge in [0.25, 0.3) is 0 Å². The van der Waals surface area contributed by atoms with Gasteiger partial charge >= 0.3 is 0 Å². The third-order valence-corrected chi connectivity index (χ3v) is 6.56. The van der Waals surface area contributed by atoms with Crippen LogP contribution in [0.15, 0.2) is 127 Å². The summed E-state index contributed by atoms with van der Waals surface area (Å²) in [6, 6.07) is 45.4. The molecule has 0 fully saturated rings. The lowest BCUT2D eigenvalue weighted by atomic mass is 9.97. The van der Waals surface area contributed by atoms with Gasteiger partial charge in [0.05, 0.1) is 5.69 Å². The van der Waals surface area contributed by atoms with Gasteiger partial charge in [-0.3, -0.25) is 0 Å². The third kappa shape index (κ3) is 5.07. The second kappa shape index (κ2) is 10.9. The highest BCUT2D eigenvalue weighted by molar-refractivity contribution is 6.01. The van der Waals surface area contributed by atoms with Crippen LogP contribution in [0.4, 0.5) is 11.4 Å². The number of benzene rings is 5. The number of hydrogen-bond acceptors (Lipinski definition) is 2. The van der Waals surface area contributed by atoms with Crippen molar-refractivity contribution in [2.24, 2.45) is 0 Å². The zero-order chi connectivity index (χ0) is 23.9. The zero-order valence-electron chi connectivity index (χ0n) is 20.3. The van der Waals surface area contributed by atoms with Crippen LogP contribution in [0.5, 0.6) is 0 Å². The van der Waals surface area contributed by atoms with Crippen molar-refractivity contribution in [1.82, 2.24) is 0 Å². The molecule has 35 heavy (non-hydrogen) atoms. The van der Waals surface area contributed by atoms with Crippen LogP contribution in [0, 0.1) is 0 Å². The normalized spacial score (nSPS) is 11.8. The standard InChI is InChI=1S/C33H32N2/c1-2-3-25-35(29-20-11-6-12-21-29)33(28-18-9-5-10-19-28)34-32-30-22-14-13-17-27(30)23-24-31(32)26-15-7-4-8-16-26/h4-24,33-34H,2-3,25H2,1H3. The molecule has 0 aliphatic carbocycles. The van der Waals surface area contributed by atoms with Crippen LogP contribution < -0.4 is 10.2 Å². The lowest BCUT2D eigenvalue weighted by molar-refractivity contribution is 0.646. The number of nitrogens with one attached hydrogen (secondary N) is 1. The molecule has 2 heteroatoms. The van der Waals surface area contributed by atoms with Gasteiger partial charge in [-0.25, -0.2) is 0 Å². The van der Waals surface area contributed by atoms with Crippen LogP contribution in [0.25, 0.3) is 21.9 Å². The smallest absolute Gasteiger partial charge is 0.126 e. The molecule has 5 aromatic rings. The fourth-order valence-corrected chi connectivity index (χ4v) is 4.75. The second-order valence-electron chi connectivity index (χ2n) is 8.92. The van der Waals surface area contributed by atoms with Crippen LogP contribution in [0.3, 0.4) is 0 Å². The first-order valence-electron chi connectivity index (χ1n) is 12.6. The minimum absolute atomic E-state index is 0.0154. The molecule has 0 bridgehead atoms. The van der Waals surface area contributed by atoms with Gasteiger partial charge in [0.15, 0.2) is 0 Å². The Labute approximate surface area is 208 Å². The molecule has 0 aliphatic heterocycles. The van der Waals surface area contributed by atoms with Gasteiger partial charge in [-0.2, -0.15) is 0 Å². The molecule has 5 rings (SSSR count). The van der Waals surface area contributed by atoms with Gasteiger partial charge in [-0.15, -0.1) is 0 Å². The Hall–Kier alpha value is -4.04. The Kier molecular flexibility index (Phi) is 7.10. The van der Waals surface area contributed by atoms with Crippen LogP contribution in [-0.4, -0.2) is 6.54 Å². The molecule has 2 nitrogen and oxygen atoms in total. The topological polar surface area (TPSA) is 15.3 Å². The molecule has 1 N–H and O–H groups in total. The van der Waals surface area contributed by atoms with E-state index in [1.807, 2.05) is 0 Å². The van der Waals surface area contributed by atoms with Crippen molar-refractivity contribution < 1.29 is 0 Å². The van der Waals surface area contributed by atoms with E-state index in [0.717, 1.165) is 19.4 Å². The van der Waals surface area contributed by atoms with Gasteiger partial charge < -0.3 is 10.2 Å². The van der Waals surface area contributed by atoms with E-state index >= 15 is 0 Å². The summed E-state index contributed by atoms with van der Waals surface area (Å²) in [5.41, 5.74) is 6.07. The van der Waals surface area contributed by atoms with Crippen molar-refractivity contribution >= 4 is 22.1 Å². The van der Waals surface area contributed by atoms with Crippen molar-refractivity contribution in [3.63, 3.8) is 0 Å². The molecular weight excluding hydrogens is 424 g/mol. The third-order valence-electron chi connectivity index (χ3n) is 6.56. The number of para-hydroxylation sites is 1. The van der Waals surface area contributed by atoms with Gasteiger partial charge in [0, 0.05) is 23.2 Å². The number of rotatable bonds is 9. The molecule has 0 aliphatic rings. The van der Waals surface area contributed by atoms with Crippen LogP contribution in [-0.2, 0) is 0 Å². The number of anilines is 2. The summed E-state index contributed by atoms with van der Waals surface area (Å²) in [6.45, 7) is 3.23. The summed E-state index contributed by atoms with van der Waals surface area (Å²) in [6.07, 6.45) is 2.26. The van der Waals surface area contributed by atoms with E-state index in [9.17, 15) is 0 Å². The lowest BCUT2D eigenvalue weighted by Crippen LogP contribution is -2.35. The van der Waals surface area contributed by atoms with Gasteiger partial charge in [0.2, 0.25) is 0 Å². The summed E-state index contributed by atoms with van der Waals surface area (Å²) < 4.78 is 0. The summed E-state index contributed by atoms with van der Waals surface area (Å²) in [4.78, 5) is 2.51. The quantitative estimate of drug-likeness (QED) is 0.223. The van der Waals surface area contributed by atoms with E-state index in [0.29, 0.717) is 0 Å². The average Bonchev–Trinajstić information content (AvgIpc) is 2.94. The molecule has 0 radical (unpaired) electrons. The monoisotopic (exact) mass is 456 g/mol. The van der Waals surface area contributed by atoms with Gasteiger partial charge in [0.1, 0.15) is 6.17 Å². The maximum absolute atomic E-state index is 4.04. The van der Waals surface area contributed by atoms with Crippen molar-refractivity contribution in [2.75, 3.05) is 16.8 Å². The maximum atomic E-state index is 4.04. The number of nitrogens with zero attached hydrogens (tertiary/aromatic N) is 1. The second-order valence-corrected chi connectivity index (χ2v) is 8.92. The molecule has 0 saturated carbocycles.